The molecule has 0 radical (unpaired) electrons. The van der Waals surface area contributed by atoms with Gasteiger partial charge in [-0.25, -0.2) is 0 Å². The Labute approximate surface area is 152 Å². The summed E-state index contributed by atoms with van der Waals surface area (Å²) in [6.07, 6.45) is 0.324. The number of benzene rings is 1. The molecule has 2 N–H and O–H groups in total. The van der Waals surface area contributed by atoms with Gasteiger partial charge in [0.15, 0.2) is 5.82 Å². The van der Waals surface area contributed by atoms with Gasteiger partial charge in [0.05, 0.1) is 16.5 Å². The van der Waals surface area contributed by atoms with Crippen molar-refractivity contribution in [2.45, 2.75) is 46.5 Å². The van der Waals surface area contributed by atoms with Crippen LogP contribution >= 0.6 is 0 Å². The number of carboxylic acids is 1. The molecular formula is C19H25N3O4. The lowest BCUT2D eigenvalue weighted by atomic mass is 9.89. The van der Waals surface area contributed by atoms with Crippen molar-refractivity contribution < 1.29 is 19.2 Å². The number of hydrogen-bond donors (Lipinski definition) is 2. The van der Waals surface area contributed by atoms with Crippen molar-refractivity contribution in [1.82, 2.24) is 15.5 Å². The van der Waals surface area contributed by atoms with Crippen molar-refractivity contribution in [3.05, 3.63) is 35.7 Å². The molecule has 0 aliphatic rings. The summed E-state index contributed by atoms with van der Waals surface area (Å²) in [4.78, 5) is 28.1. The maximum atomic E-state index is 12.5. The largest absolute Gasteiger partial charge is 0.481 e. The molecule has 0 bridgehead atoms. The molecule has 0 atom stereocenters. The van der Waals surface area contributed by atoms with Gasteiger partial charge in [-0.15, -0.1) is 0 Å². The average Bonchev–Trinajstić information content (AvgIpc) is 3.04. The molecule has 0 saturated carbocycles. The quantitative estimate of drug-likeness (QED) is 0.820. The summed E-state index contributed by atoms with van der Waals surface area (Å²) in [6, 6.07) is 6.96. The summed E-state index contributed by atoms with van der Waals surface area (Å²) < 4.78 is 5.34. The number of carbonyl (C=O) groups is 2. The summed E-state index contributed by atoms with van der Waals surface area (Å²) >= 11 is 0. The number of nitrogens with one attached hydrogen (secondary N) is 1. The molecule has 2 aromatic rings. The number of carbonyl (C=O) groups excluding carboxylic acids is 1. The van der Waals surface area contributed by atoms with Gasteiger partial charge in [0.1, 0.15) is 0 Å². The fourth-order valence-electron chi connectivity index (χ4n) is 2.20. The molecule has 1 amide bonds. The minimum atomic E-state index is -0.902. The number of hydrogen-bond acceptors (Lipinski definition) is 5. The Balaban J connectivity index is 2.17. The normalized spacial score (nSPS) is 12.0. The van der Waals surface area contributed by atoms with Gasteiger partial charge in [0.25, 0.3) is 11.8 Å². The van der Waals surface area contributed by atoms with E-state index in [0.29, 0.717) is 23.4 Å². The number of nitrogens with zero attached hydrogens (tertiary/aromatic N) is 2. The second-order valence-electron chi connectivity index (χ2n) is 7.91. The second-order valence-corrected chi connectivity index (χ2v) is 7.91. The topological polar surface area (TPSA) is 105 Å². The third kappa shape index (κ3) is 4.47. The SMILES string of the molecule is CC(C)(CCNC(=O)c1ccccc1-c1nc(C(C)(C)C)no1)C(=O)O. The van der Waals surface area contributed by atoms with E-state index in [-0.39, 0.29) is 23.8 Å². The van der Waals surface area contributed by atoms with Gasteiger partial charge >= 0.3 is 5.97 Å². The van der Waals surface area contributed by atoms with Crippen LogP contribution < -0.4 is 5.32 Å². The van der Waals surface area contributed by atoms with Gasteiger partial charge in [0.2, 0.25) is 0 Å². The number of rotatable bonds is 6. The molecule has 7 heteroatoms. The van der Waals surface area contributed by atoms with E-state index < -0.39 is 11.4 Å². The molecule has 140 valence electrons. The van der Waals surface area contributed by atoms with Crippen LogP contribution in [-0.2, 0) is 10.2 Å². The third-order valence-electron chi connectivity index (χ3n) is 4.11. The molecule has 2 rings (SSSR count). The first-order valence-electron chi connectivity index (χ1n) is 8.47. The van der Waals surface area contributed by atoms with E-state index in [9.17, 15) is 9.59 Å². The number of carboxylic acid groups (broad SMARTS) is 1. The Bertz CT molecular complexity index is 803. The second kappa shape index (κ2) is 7.27. The van der Waals surface area contributed by atoms with Crippen LogP contribution in [0.1, 0.15) is 57.2 Å². The van der Waals surface area contributed by atoms with Gasteiger partial charge in [-0.2, -0.15) is 4.98 Å². The highest BCUT2D eigenvalue weighted by Crippen LogP contribution is 2.26. The van der Waals surface area contributed by atoms with Crippen LogP contribution in [0.4, 0.5) is 0 Å². The highest BCUT2D eigenvalue weighted by molar-refractivity contribution is 5.99. The van der Waals surface area contributed by atoms with Crippen LogP contribution in [-0.4, -0.2) is 33.7 Å². The summed E-state index contributed by atoms with van der Waals surface area (Å²) in [5.74, 6) is -0.359. The molecule has 0 aliphatic heterocycles. The van der Waals surface area contributed by atoms with Gasteiger partial charge < -0.3 is 14.9 Å². The van der Waals surface area contributed by atoms with Crippen LogP contribution in [0.5, 0.6) is 0 Å². The summed E-state index contributed by atoms with van der Waals surface area (Å²) in [6.45, 7) is 9.44. The lowest BCUT2D eigenvalue weighted by Gasteiger charge is -2.19. The Morgan fingerprint density at radius 2 is 1.81 bits per heavy atom. The first-order chi connectivity index (χ1) is 12.0. The smallest absolute Gasteiger partial charge is 0.309 e. The number of aromatic nitrogens is 2. The highest BCUT2D eigenvalue weighted by Gasteiger charge is 2.27. The summed E-state index contributed by atoms with van der Waals surface area (Å²) in [5.41, 5.74) is -0.211. The van der Waals surface area contributed by atoms with Crippen molar-refractivity contribution in [2.24, 2.45) is 5.41 Å². The molecule has 1 heterocycles. The first kappa shape index (κ1) is 19.6. The predicted octanol–water partition coefficient (Wildman–Crippen LogP) is 3.26. The molecule has 1 aromatic heterocycles. The lowest BCUT2D eigenvalue weighted by molar-refractivity contribution is -0.147. The fourth-order valence-corrected chi connectivity index (χ4v) is 2.20. The fraction of sp³-hybridized carbons (Fsp3) is 0.474. The minimum Gasteiger partial charge on any atom is -0.481 e. The van der Waals surface area contributed by atoms with Crippen LogP contribution in [0.25, 0.3) is 11.5 Å². The third-order valence-corrected chi connectivity index (χ3v) is 4.11. The molecule has 0 spiro atoms. The number of amides is 1. The maximum absolute atomic E-state index is 12.5. The lowest BCUT2D eigenvalue weighted by Crippen LogP contribution is -2.32. The molecular weight excluding hydrogens is 334 g/mol. The average molecular weight is 359 g/mol. The minimum absolute atomic E-state index is 0.254. The molecule has 1 aromatic carbocycles. The van der Waals surface area contributed by atoms with E-state index >= 15 is 0 Å². The number of aliphatic carboxylic acids is 1. The summed E-state index contributed by atoms with van der Waals surface area (Å²) in [7, 11) is 0. The van der Waals surface area contributed by atoms with Gasteiger partial charge in [-0.3, -0.25) is 9.59 Å². The Morgan fingerprint density at radius 3 is 2.38 bits per heavy atom. The van der Waals surface area contributed by atoms with Gasteiger partial charge in [0, 0.05) is 12.0 Å². The van der Waals surface area contributed by atoms with Crippen LogP contribution in [0.3, 0.4) is 0 Å². The van der Waals surface area contributed by atoms with E-state index in [1.807, 2.05) is 20.8 Å². The van der Waals surface area contributed by atoms with E-state index in [0.717, 1.165) is 0 Å². The Morgan fingerprint density at radius 1 is 1.15 bits per heavy atom. The van der Waals surface area contributed by atoms with E-state index in [1.54, 1.807) is 38.1 Å². The monoisotopic (exact) mass is 359 g/mol. The first-order valence-corrected chi connectivity index (χ1v) is 8.47. The zero-order chi connectivity index (χ0) is 19.5. The van der Waals surface area contributed by atoms with E-state index in [2.05, 4.69) is 15.5 Å². The van der Waals surface area contributed by atoms with Crippen LogP contribution in [0, 0.1) is 5.41 Å². The Hall–Kier alpha value is -2.70. The van der Waals surface area contributed by atoms with Crippen molar-refractivity contribution in [3.63, 3.8) is 0 Å². The Kier molecular flexibility index (Phi) is 5.49. The zero-order valence-electron chi connectivity index (χ0n) is 15.8. The van der Waals surface area contributed by atoms with Crippen molar-refractivity contribution in [3.8, 4) is 11.5 Å². The van der Waals surface area contributed by atoms with Crippen molar-refractivity contribution in [1.29, 1.82) is 0 Å². The van der Waals surface area contributed by atoms with Crippen LogP contribution in [0.15, 0.2) is 28.8 Å². The molecule has 0 fully saturated rings. The molecule has 26 heavy (non-hydrogen) atoms. The van der Waals surface area contributed by atoms with E-state index in [1.165, 1.54) is 0 Å². The van der Waals surface area contributed by atoms with Crippen molar-refractivity contribution in [2.75, 3.05) is 6.54 Å². The van der Waals surface area contributed by atoms with Gasteiger partial charge in [-0.05, 0) is 32.4 Å². The molecule has 0 saturated heterocycles. The van der Waals surface area contributed by atoms with Crippen molar-refractivity contribution >= 4 is 11.9 Å². The maximum Gasteiger partial charge on any atom is 0.309 e. The van der Waals surface area contributed by atoms with Gasteiger partial charge in [-0.1, -0.05) is 38.1 Å². The zero-order valence-corrected chi connectivity index (χ0v) is 15.8. The molecule has 0 aliphatic carbocycles. The standard InChI is InChI=1S/C19H25N3O4/c1-18(2,3)16-21-15(26-22-16)13-9-7-6-8-12(13)14(23)20-11-10-19(4,5)17(24)25/h6-9H,10-11H2,1-5H3,(H,20,23)(H,24,25). The summed E-state index contributed by atoms with van der Waals surface area (Å²) in [5, 5.41) is 15.9. The van der Waals surface area contributed by atoms with E-state index in [4.69, 9.17) is 9.63 Å². The molecule has 7 nitrogen and oxygen atoms in total. The predicted molar refractivity (Wildman–Crippen MR) is 96.8 cm³/mol. The van der Waals surface area contributed by atoms with Crippen LogP contribution in [0.2, 0.25) is 0 Å². The highest BCUT2D eigenvalue weighted by atomic mass is 16.5. The molecule has 0 unspecified atom stereocenters.